The summed E-state index contributed by atoms with van der Waals surface area (Å²) < 4.78 is 37.3. The molecule has 0 amide bonds. The summed E-state index contributed by atoms with van der Waals surface area (Å²) in [5, 5.41) is 18.2. The minimum Gasteiger partial charge on any atom is -0.506 e. The van der Waals surface area contributed by atoms with E-state index in [2.05, 4.69) is 15.9 Å². The Morgan fingerprint density at radius 3 is 2.28 bits per heavy atom. The lowest BCUT2D eigenvalue weighted by Crippen LogP contribution is -2.30. The SMILES string of the molecule is Cl.N[C@H](c1c(C(=O)O)ccc(Br)c1O)C(F)(F)F. The number of carbonyl (C=O) groups is 1. The molecule has 0 saturated heterocycles. The van der Waals surface area contributed by atoms with E-state index in [1.165, 1.54) is 0 Å². The van der Waals surface area contributed by atoms with Gasteiger partial charge in [0.05, 0.1) is 10.0 Å². The number of aromatic hydroxyl groups is 1. The van der Waals surface area contributed by atoms with E-state index < -0.39 is 35.1 Å². The summed E-state index contributed by atoms with van der Waals surface area (Å²) in [7, 11) is 0. The van der Waals surface area contributed by atoms with Crippen molar-refractivity contribution in [2.45, 2.75) is 12.2 Å². The Morgan fingerprint density at radius 2 is 1.89 bits per heavy atom. The monoisotopic (exact) mass is 349 g/mol. The van der Waals surface area contributed by atoms with E-state index in [-0.39, 0.29) is 16.9 Å². The quantitative estimate of drug-likeness (QED) is 0.766. The number of alkyl halides is 3. The first kappa shape index (κ1) is 17.0. The molecule has 0 saturated carbocycles. The van der Waals surface area contributed by atoms with Crippen LogP contribution >= 0.6 is 28.3 Å². The lowest BCUT2D eigenvalue weighted by atomic mass is 9.99. The van der Waals surface area contributed by atoms with Crippen molar-refractivity contribution < 1.29 is 28.2 Å². The smallest absolute Gasteiger partial charge is 0.407 e. The number of phenols is 1. The number of halogens is 5. The topological polar surface area (TPSA) is 83.6 Å². The van der Waals surface area contributed by atoms with Gasteiger partial charge in [-0.1, -0.05) is 0 Å². The van der Waals surface area contributed by atoms with E-state index in [1.54, 1.807) is 0 Å². The van der Waals surface area contributed by atoms with Crippen LogP contribution in [-0.4, -0.2) is 22.4 Å². The number of benzene rings is 1. The van der Waals surface area contributed by atoms with Crippen molar-refractivity contribution in [2.24, 2.45) is 5.73 Å². The Kier molecular flexibility index (Phi) is 5.45. The molecule has 102 valence electrons. The van der Waals surface area contributed by atoms with Crippen molar-refractivity contribution in [3.05, 3.63) is 27.7 Å². The van der Waals surface area contributed by atoms with E-state index in [0.717, 1.165) is 12.1 Å². The summed E-state index contributed by atoms with van der Waals surface area (Å²) in [5.74, 6) is -2.42. The normalized spacial score (nSPS) is 12.7. The van der Waals surface area contributed by atoms with Crippen molar-refractivity contribution in [3.8, 4) is 5.75 Å². The van der Waals surface area contributed by atoms with Gasteiger partial charge in [0, 0.05) is 5.56 Å². The highest BCUT2D eigenvalue weighted by atomic mass is 79.9. The highest BCUT2D eigenvalue weighted by Gasteiger charge is 2.41. The zero-order valence-corrected chi connectivity index (χ0v) is 10.9. The maximum Gasteiger partial charge on any atom is 0.407 e. The fraction of sp³-hybridized carbons (Fsp3) is 0.222. The summed E-state index contributed by atoms with van der Waals surface area (Å²) in [4.78, 5) is 10.8. The lowest BCUT2D eigenvalue weighted by Gasteiger charge is -2.19. The highest BCUT2D eigenvalue weighted by Crippen LogP contribution is 2.40. The third kappa shape index (κ3) is 3.27. The van der Waals surface area contributed by atoms with Gasteiger partial charge >= 0.3 is 12.1 Å². The van der Waals surface area contributed by atoms with Gasteiger partial charge in [0.25, 0.3) is 0 Å². The van der Waals surface area contributed by atoms with Gasteiger partial charge in [-0.2, -0.15) is 13.2 Å². The minimum atomic E-state index is -4.84. The second kappa shape index (κ2) is 5.77. The Bertz CT molecular complexity index is 467. The minimum absolute atomic E-state index is 0. The molecule has 0 aliphatic rings. The van der Waals surface area contributed by atoms with Crippen LogP contribution in [-0.2, 0) is 0 Å². The number of rotatable bonds is 2. The third-order valence-corrected chi connectivity index (χ3v) is 2.70. The standard InChI is InChI=1S/C9H7BrF3NO3.ClH/c10-4-2-1-3(8(16)17)5(6(4)15)7(14)9(11,12)13;/h1-2,7,15H,14H2,(H,16,17);1H/t7-;/m1./s1. The first-order valence-corrected chi connectivity index (χ1v) is 5.02. The zero-order valence-electron chi connectivity index (χ0n) is 8.53. The van der Waals surface area contributed by atoms with Crippen molar-refractivity contribution >= 4 is 34.3 Å². The number of aromatic carboxylic acids is 1. The molecule has 1 atom stereocenters. The summed E-state index contributed by atoms with van der Waals surface area (Å²) in [6, 6.07) is -0.496. The molecule has 18 heavy (non-hydrogen) atoms. The summed E-state index contributed by atoms with van der Waals surface area (Å²) in [6.07, 6.45) is -4.84. The zero-order chi connectivity index (χ0) is 13.4. The molecule has 1 rings (SSSR count). The van der Waals surface area contributed by atoms with E-state index in [1.807, 2.05) is 0 Å². The van der Waals surface area contributed by atoms with Crippen molar-refractivity contribution in [3.63, 3.8) is 0 Å². The van der Waals surface area contributed by atoms with Crippen molar-refractivity contribution in [2.75, 3.05) is 0 Å². The molecule has 0 radical (unpaired) electrons. The van der Waals surface area contributed by atoms with E-state index in [0.29, 0.717) is 0 Å². The Hall–Kier alpha value is -0.990. The fourth-order valence-electron chi connectivity index (χ4n) is 1.25. The molecule has 1 aromatic carbocycles. The van der Waals surface area contributed by atoms with Crippen LogP contribution in [0.2, 0.25) is 0 Å². The van der Waals surface area contributed by atoms with Gasteiger partial charge in [-0.25, -0.2) is 4.79 Å². The fourth-order valence-corrected chi connectivity index (χ4v) is 1.59. The number of phenolic OH excluding ortho intramolecular Hbond substituents is 1. The second-order valence-corrected chi connectivity index (χ2v) is 4.04. The summed E-state index contributed by atoms with van der Waals surface area (Å²) in [5.41, 5.74) is 3.36. The molecule has 9 heteroatoms. The average molecular weight is 351 g/mol. The van der Waals surface area contributed by atoms with E-state index >= 15 is 0 Å². The predicted octanol–water partition coefficient (Wildman–Crippen LogP) is 2.84. The largest absolute Gasteiger partial charge is 0.506 e. The first-order chi connectivity index (χ1) is 7.66. The first-order valence-electron chi connectivity index (χ1n) is 4.23. The maximum absolute atomic E-state index is 12.4. The summed E-state index contributed by atoms with van der Waals surface area (Å²) >= 11 is 2.80. The molecular formula is C9H8BrClF3NO3. The highest BCUT2D eigenvalue weighted by molar-refractivity contribution is 9.10. The lowest BCUT2D eigenvalue weighted by molar-refractivity contribution is -0.149. The molecule has 4 nitrogen and oxygen atoms in total. The van der Waals surface area contributed by atoms with Crippen LogP contribution in [0.25, 0.3) is 0 Å². The number of nitrogens with two attached hydrogens (primary N) is 1. The van der Waals surface area contributed by atoms with Gasteiger partial charge in [0.15, 0.2) is 0 Å². The van der Waals surface area contributed by atoms with Crippen LogP contribution in [0.1, 0.15) is 22.0 Å². The molecular weight excluding hydrogens is 342 g/mol. The van der Waals surface area contributed by atoms with Gasteiger partial charge in [0.1, 0.15) is 11.8 Å². The number of carboxylic acid groups (broad SMARTS) is 1. The van der Waals surface area contributed by atoms with E-state index in [4.69, 9.17) is 10.8 Å². The molecule has 0 aromatic heterocycles. The van der Waals surface area contributed by atoms with Crippen molar-refractivity contribution in [1.82, 2.24) is 0 Å². The van der Waals surface area contributed by atoms with Gasteiger partial charge in [0.2, 0.25) is 0 Å². The van der Waals surface area contributed by atoms with Crippen LogP contribution in [0.15, 0.2) is 16.6 Å². The van der Waals surface area contributed by atoms with Gasteiger partial charge in [-0.15, -0.1) is 12.4 Å². The second-order valence-electron chi connectivity index (χ2n) is 3.18. The molecule has 0 aliphatic heterocycles. The van der Waals surface area contributed by atoms with Crippen LogP contribution in [0, 0.1) is 0 Å². The number of hydrogen-bond acceptors (Lipinski definition) is 3. The summed E-state index contributed by atoms with van der Waals surface area (Å²) in [6.45, 7) is 0. The molecule has 0 spiro atoms. The van der Waals surface area contributed by atoms with Gasteiger partial charge in [-0.3, -0.25) is 0 Å². The Balaban J connectivity index is 0.00000289. The van der Waals surface area contributed by atoms with Crippen LogP contribution < -0.4 is 5.73 Å². The van der Waals surface area contributed by atoms with Crippen LogP contribution in [0.3, 0.4) is 0 Å². The predicted molar refractivity (Wildman–Crippen MR) is 63.0 cm³/mol. The van der Waals surface area contributed by atoms with Crippen LogP contribution in [0.4, 0.5) is 13.2 Å². The maximum atomic E-state index is 12.4. The molecule has 0 unspecified atom stereocenters. The van der Waals surface area contributed by atoms with Gasteiger partial charge in [-0.05, 0) is 28.1 Å². The number of hydrogen-bond donors (Lipinski definition) is 3. The van der Waals surface area contributed by atoms with Crippen LogP contribution in [0.5, 0.6) is 5.75 Å². The average Bonchev–Trinajstić information content (AvgIpc) is 2.19. The molecule has 4 N–H and O–H groups in total. The molecule has 0 aliphatic carbocycles. The van der Waals surface area contributed by atoms with E-state index in [9.17, 15) is 23.1 Å². The number of carboxylic acids is 1. The third-order valence-electron chi connectivity index (χ3n) is 2.06. The molecule has 0 heterocycles. The van der Waals surface area contributed by atoms with Crippen molar-refractivity contribution in [1.29, 1.82) is 0 Å². The van der Waals surface area contributed by atoms with Gasteiger partial charge < -0.3 is 15.9 Å². The Morgan fingerprint density at radius 1 is 1.39 bits per heavy atom. The molecule has 0 bridgehead atoms. The Labute approximate surface area is 114 Å². The molecule has 1 aromatic rings. The molecule has 0 fully saturated rings.